The van der Waals surface area contributed by atoms with Gasteiger partial charge in [0.15, 0.2) is 0 Å². The number of carboxylic acid groups (broad SMARTS) is 1. The summed E-state index contributed by atoms with van der Waals surface area (Å²) in [5, 5.41) is 16.8. The van der Waals surface area contributed by atoms with Crippen LogP contribution in [0.3, 0.4) is 0 Å². The second kappa shape index (κ2) is 7.14. The monoisotopic (exact) mass is 326 g/mol. The van der Waals surface area contributed by atoms with Crippen molar-refractivity contribution in [2.24, 2.45) is 0 Å². The van der Waals surface area contributed by atoms with E-state index in [2.05, 4.69) is 20.6 Å². The van der Waals surface area contributed by atoms with Crippen LogP contribution in [0.25, 0.3) is 0 Å². The SMILES string of the molecule is Cc1nc(CNC(=O)NCCc2cscn2)sc1C(=O)O. The number of aryl methyl sites for hydroxylation is 1. The number of rotatable bonds is 6. The van der Waals surface area contributed by atoms with Gasteiger partial charge in [-0.2, -0.15) is 0 Å². The highest BCUT2D eigenvalue weighted by molar-refractivity contribution is 7.13. The number of nitrogens with zero attached hydrogens (tertiary/aromatic N) is 2. The van der Waals surface area contributed by atoms with Gasteiger partial charge in [0.05, 0.1) is 23.4 Å². The smallest absolute Gasteiger partial charge is 0.347 e. The van der Waals surface area contributed by atoms with E-state index in [-0.39, 0.29) is 17.5 Å². The Balaban J connectivity index is 1.73. The van der Waals surface area contributed by atoms with Crippen molar-refractivity contribution in [3.8, 4) is 0 Å². The summed E-state index contributed by atoms with van der Waals surface area (Å²) in [7, 11) is 0. The third-order valence-electron chi connectivity index (χ3n) is 2.59. The Morgan fingerprint density at radius 2 is 2.19 bits per heavy atom. The molecule has 0 unspecified atom stereocenters. The first-order valence-electron chi connectivity index (χ1n) is 6.14. The van der Waals surface area contributed by atoms with Crippen LogP contribution in [0.5, 0.6) is 0 Å². The molecule has 2 heterocycles. The van der Waals surface area contributed by atoms with Crippen LogP contribution in [0.15, 0.2) is 10.9 Å². The van der Waals surface area contributed by atoms with Crippen molar-refractivity contribution in [1.82, 2.24) is 20.6 Å². The predicted octanol–water partition coefficient (Wildman–Crippen LogP) is 1.65. The molecule has 7 nitrogen and oxygen atoms in total. The summed E-state index contributed by atoms with van der Waals surface area (Å²) < 4.78 is 0. The Hall–Kier alpha value is -2.00. The summed E-state index contributed by atoms with van der Waals surface area (Å²) in [5.74, 6) is -0.996. The lowest BCUT2D eigenvalue weighted by molar-refractivity contribution is 0.0701. The number of nitrogens with one attached hydrogen (secondary N) is 2. The van der Waals surface area contributed by atoms with E-state index in [4.69, 9.17) is 5.11 Å². The van der Waals surface area contributed by atoms with E-state index >= 15 is 0 Å². The molecule has 0 bridgehead atoms. The number of amides is 2. The number of hydrogen-bond donors (Lipinski definition) is 3. The van der Waals surface area contributed by atoms with Gasteiger partial charge in [0, 0.05) is 18.3 Å². The molecule has 0 aliphatic rings. The lowest BCUT2D eigenvalue weighted by atomic mass is 10.3. The highest BCUT2D eigenvalue weighted by Gasteiger charge is 2.14. The summed E-state index contributed by atoms with van der Waals surface area (Å²) >= 11 is 2.59. The van der Waals surface area contributed by atoms with Gasteiger partial charge in [0.25, 0.3) is 0 Å². The second-order valence-corrected chi connectivity index (χ2v) is 5.97. The first-order chi connectivity index (χ1) is 10.1. The van der Waals surface area contributed by atoms with Crippen molar-refractivity contribution in [2.75, 3.05) is 6.54 Å². The zero-order chi connectivity index (χ0) is 15.2. The summed E-state index contributed by atoms with van der Waals surface area (Å²) in [6, 6.07) is -0.310. The molecule has 2 rings (SSSR count). The molecule has 0 radical (unpaired) electrons. The molecule has 0 atom stereocenters. The zero-order valence-corrected chi connectivity index (χ0v) is 12.9. The normalized spacial score (nSPS) is 10.3. The van der Waals surface area contributed by atoms with Gasteiger partial charge in [-0.15, -0.1) is 22.7 Å². The number of urea groups is 1. The van der Waals surface area contributed by atoms with E-state index in [0.717, 1.165) is 17.0 Å². The Labute approximate surface area is 129 Å². The number of aromatic nitrogens is 2. The molecule has 9 heteroatoms. The van der Waals surface area contributed by atoms with Gasteiger partial charge in [0.1, 0.15) is 9.88 Å². The molecular formula is C12H14N4O3S2. The van der Waals surface area contributed by atoms with E-state index in [0.29, 0.717) is 23.7 Å². The maximum Gasteiger partial charge on any atom is 0.347 e. The number of aromatic carboxylic acids is 1. The van der Waals surface area contributed by atoms with Crippen LogP contribution >= 0.6 is 22.7 Å². The standard InChI is InChI=1S/C12H14N4O3S2/c1-7-10(11(17)18)21-9(16-7)4-14-12(19)13-3-2-8-5-20-6-15-8/h5-6H,2-4H2,1H3,(H,17,18)(H2,13,14,19). The van der Waals surface area contributed by atoms with Gasteiger partial charge in [0.2, 0.25) is 0 Å². The van der Waals surface area contributed by atoms with Crippen molar-refractivity contribution in [3.05, 3.63) is 32.2 Å². The minimum atomic E-state index is -0.996. The first kappa shape index (κ1) is 15.4. The van der Waals surface area contributed by atoms with E-state index in [1.54, 1.807) is 12.4 Å². The van der Waals surface area contributed by atoms with Gasteiger partial charge in [-0.1, -0.05) is 0 Å². The predicted molar refractivity (Wildman–Crippen MR) is 79.9 cm³/mol. The highest BCUT2D eigenvalue weighted by atomic mass is 32.1. The number of carboxylic acids is 1. The van der Waals surface area contributed by atoms with Gasteiger partial charge in [-0.3, -0.25) is 0 Å². The molecule has 21 heavy (non-hydrogen) atoms. The third-order valence-corrected chi connectivity index (χ3v) is 4.37. The van der Waals surface area contributed by atoms with Gasteiger partial charge in [-0.25, -0.2) is 19.6 Å². The van der Waals surface area contributed by atoms with Crippen LogP contribution in [0.2, 0.25) is 0 Å². The molecule has 0 aromatic carbocycles. The van der Waals surface area contributed by atoms with Crippen molar-refractivity contribution in [3.63, 3.8) is 0 Å². The van der Waals surface area contributed by atoms with E-state index < -0.39 is 5.97 Å². The summed E-state index contributed by atoms with van der Waals surface area (Å²) in [4.78, 5) is 30.9. The summed E-state index contributed by atoms with van der Waals surface area (Å²) in [6.45, 7) is 2.34. The fourth-order valence-corrected chi connectivity index (χ4v) is 3.05. The molecule has 0 fully saturated rings. The Kier molecular flexibility index (Phi) is 5.23. The van der Waals surface area contributed by atoms with Gasteiger partial charge < -0.3 is 15.7 Å². The molecule has 2 aromatic heterocycles. The van der Waals surface area contributed by atoms with E-state index in [1.165, 1.54) is 11.3 Å². The molecule has 0 aliphatic heterocycles. The maximum absolute atomic E-state index is 11.6. The Morgan fingerprint density at radius 1 is 1.38 bits per heavy atom. The minimum absolute atomic E-state index is 0.204. The van der Waals surface area contributed by atoms with E-state index in [1.807, 2.05) is 5.38 Å². The van der Waals surface area contributed by atoms with Crippen LogP contribution in [0, 0.1) is 6.92 Å². The van der Waals surface area contributed by atoms with Crippen LogP contribution in [0.1, 0.15) is 26.1 Å². The van der Waals surface area contributed by atoms with Crippen LogP contribution in [0.4, 0.5) is 4.79 Å². The molecule has 0 saturated heterocycles. The molecule has 2 aromatic rings. The Morgan fingerprint density at radius 3 is 2.81 bits per heavy atom. The summed E-state index contributed by atoms with van der Waals surface area (Å²) in [5.41, 5.74) is 3.16. The largest absolute Gasteiger partial charge is 0.477 e. The molecule has 2 amide bonds. The average molecular weight is 326 g/mol. The molecular weight excluding hydrogens is 312 g/mol. The highest BCUT2D eigenvalue weighted by Crippen LogP contribution is 2.17. The molecule has 3 N–H and O–H groups in total. The number of hydrogen-bond acceptors (Lipinski definition) is 6. The van der Waals surface area contributed by atoms with Gasteiger partial charge in [-0.05, 0) is 6.92 Å². The van der Waals surface area contributed by atoms with E-state index in [9.17, 15) is 9.59 Å². The van der Waals surface area contributed by atoms with Gasteiger partial charge >= 0.3 is 12.0 Å². The quantitative estimate of drug-likeness (QED) is 0.749. The maximum atomic E-state index is 11.6. The minimum Gasteiger partial charge on any atom is -0.477 e. The number of carbonyl (C=O) groups excluding carboxylic acids is 1. The van der Waals surface area contributed by atoms with Crippen molar-refractivity contribution >= 4 is 34.7 Å². The van der Waals surface area contributed by atoms with Crippen LogP contribution < -0.4 is 10.6 Å². The summed E-state index contributed by atoms with van der Waals surface area (Å²) in [6.07, 6.45) is 0.677. The second-order valence-electron chi connectivity index (χ2n) is 4.17. The lowest BCUT2D eigenvalue weighted by Crippen LogP contribution is -2.36. The lowest BCUT2D eigenvalue weighted by Gasteiger charge is -2.05. The average Bonchev–Trinajstić information content (AvgIpc) is 3.06. The fourth-order valence-electron chi connectivity index (χ4n) is 1.61. The van der Waals surface area contributed by atoms with Crippen molar-refractivity contribution in [1.29, 1.82) is 0 Å². The van der Waals surface area contributed by atoms with Crippen LogP contribution in [-0.2, 0) is 13.0 Å². The first-order valence-corrected chi connectivity index (χ1v) is 7.90. The number of carbonyl (C=O) groups is 2. The zero-order valence-electron chi connectivity index (χ0n) is 11.3. The topological polar surface area (TPSA) is 104 Å². The number of thiazole rings is 2. The molecule has 112 valence electrons. The molecule has 0 spiro atoms. The third kappa shape index (κ3) is 4.50. The molecule has 0 saturated carbocycles. The van der Waals surface area contributed by atoms with Crippen molar-refractivity contribution < 1.29 is 14.7 Å². The Bertz CT molecular complexity index is 624. The van der Waals surface area contributed by atoms with Crippen LogP contribution in [-0.4, -0.2) is 33.6 Å². The molecule has 0 aliphatic carbocycles. The fraction of sp³-hybridized carbons (Fsp3) is 0.333. The van der Waals surface area contributed by atoms with Crippen molar-refractivity contribution in [2.45, 2.75) is 19.9 Å².